The van der Waals surface area contributed by atoms with Gasteiger partial charge in [-0.15, -0.1) is 0 Å². The number of hydrogen-bond acceptors (Lipinski definition) is 6. The van der Waals surface area contributed by atoms with Crippen LogP contribution in [0.1, 0.15) is 55.5 Å². The Labute approximate surface area is 288 Å². The quantitative estimate of drug-likeness (QED) is 0.162. The minimum atomic E-state index is -0.839. The summed E-state index contributed by atoms with van der Waals surface area (Å²) in [7, 11) is 0. The average Bonchev–Trinajstić information content (AvgIpc) is 3.14. The van der Waals surface area contributed by atoms with Gasteiger partial charge in [0.25, 0.3) is 5.91 Å². The molecule has 1 saturated heterocycles. The molecule has 11 nitrogen and oxygen atoms in total. The maximum atomic E-state index is 13.8. The summed E-state index contributed by atoms with van der Waals surface area (Å²) in [4.78, 5) is 68.6. The monoisotopic (exact) mass is 669 g/mol. The highest BCUT2D eigenvalue weighted by Gasteiger charge is 2.34. The summed E-state index contributed by atoms with van der Waals surface area (Å²) in [5.41, 5.74) is 1.34. The van der Waals surface area contributed by atoms with Gasteiger partial charge in [-0.05, 0) is 53.7 Å². The number of benzene rings is 3. The molecule has 3 atom stereocenters. The second-order valence-electron chi connectivity index (χ2n) is 12.3. The van der Waals surface area contributed by atoms with Gasteiger partial charge in [0.15, 0.2) is 0 Å². The molecule has 49 heavy (non-hydrogen) atoms. The first-order valence-electron chi connectivity index (χ1n) is 17.0. The number of carbonyl (C=O) groups excluding carboxylic acids is 5. The SMILES string of the molecule is C=CC(=O)NCCCC[C@H](NC(=O)OCc1ccccc1)C(=O)N1CCN(C(=O)[C@@H](NC(=O)c2cccc3ccccc23)C(C)CC)CC1. The van der Waals surface area contributed by atoms with E-state index < -0.39 is 18.2 Å². The number of amides is 5. The Kier molecular flexibility index (Phi) is 13.7. The number of carbonyl (C=O) groups is 5. The van der Waals surface area contributed by atoms with Crippen LogP contribution in [0, 0.1) is 5.92 Å². The number of hydrogen-bond donors (Lipinski definition) is 3. The molecule has 0 aliphatic carbocycles. The normalized spacial score (nSPS) is 14.7. The summed E-state index contributed by atoms with van der Waals surface area (Å²) >= 11 is 0. The zero-order valence-corrected chi connectivity index (χ0v) is 28.4. The predicted molar refractivity (Wildman–Crippen MR) is 188 cm³/mol. The maximum absolute atomic E-state index is 13.8. The summed E-state index contributed by atoms with van der Waals surface area (Å²) in [6.07, 6.45) is 2.71. The molecular weight excluding hydrogens is 622 g/mol. The van der Waals surface area contributed by atoms with E-state index in [1.807, 2.05) is 80.6 Å². The van der Waals surface area contributed by atoms with E-state index >= 15 is 0 Å². The summed E-state index contributed by atoms with van der Waals surface area (Å²) in [6.45, 7) is 9.00. The van der Waals surface area contributed by atoms with Gasteiger partial charge in [0.1, 0.15) is 18.7 Å². The Morgan fingerprint density at radius 2 is 1.49 bits per heavy atom. The lowest BCUT2D eigenvalue weighted by atomic mass is 9.96. The third-order valence-electron chi connectivity index (χ3n) is 8.91. The molecule has 0 bridgehead atoms. The Morgan fingerprint density at radius 1 is 0.837 bits per heavy atom. The van der Waals surface area contributed by atoms with Crippen molar-refractivity contribution in [3.63, 3.8) is 0 Å². The first kappa shape index (κ1) is 36.6. The van der Waals surface area contributed by atoms with Crippen LogP contribution in [0.15, 0.2) is 85.5 Å². The average molecular weight is 670 g/mol. The van der Waals surface area contributed by atoms with Crippen LogP contribution in [0.3, 0.4) is 0 Å². The van der Waals surface area contributed by atoms with Gasteiger partial charge in [-0.3, -0.25) is 19.2 Å². The van der Waals surface area contributed by atoms with Crippen molar-refractivity contribution in [2.24, 2.45) is 5.92 Å². The van der Waals surface area contributed by atoms with Gasteiger partial charge in [-0.1, -0.05) is 93.6 Å². The van der Waals surface area contributed by atoms with Gasteiger partial charge in [-0.2, -0.15) is 0 Å². The van der Waals surface area contributed by atoms with Gasteiger partial charge < -0.3 is 30.5 Å². The number of nitrogens with zero attached hydrogens (tertiary/aromatic N) is 2. The lowest BCUT2D eigenvalue weighted by molar-refractivity contribution is -0.142. The molecule has 3 aromatic rings. The standard InChI is InChI=1S/C38H47N5O6/c1-4-27(3)34(41-35(45)31-19-13-17-29-16-9-10-18-30(29)31)37(47)43-24-22-42(23-25-43)36(46)32(20-11-12-21-39-33(44)5-2)40-38(48)49-26-28-14-7-6-8-15-28/h5-10,13-19,27,32,34H,2,4,11-12,20-26H2,1,3H3,(H,39,44)(H,40,48)(H,41,45)/t27?,32-,34-/m0/s1. The van der Waals surface area contributed by atoms with E-state index in [4.69, 9.17) is 4.74 Å². The summed E-state index contributed by atoms with van der Waals surface area (Å²) < 4.78 is 5.39. The fraction of sp³-hybridized carbons (Fsp3) is 0.395. The number of fused-ring (bicyclic) bond motifs is 1. The summed E-state index contributed by atoms with van der Waals surface area (Å²) in [5.74, 6) is -1.14. The van der Waals surface area contributed by atoms with Crippen molar-refractivity contribution < 1.29 is 28.7 Å². The van der Waals surface area contributed by atoms with E-state index in [1.54, 1.807) is 15.9 Å². The smallest absolute Gasteiger partial charge is 0.408 e. The van der Waals surface area contributed by atoms with Crippen molar-refractivity contribution in [2.45, 2.75) is 58.2 Å². The highest BCUT2D eigenvalue weighted by atomic mass is 16.5. The van der Waals surface area contributed by atoms with E-state index in [2.05, 4.69) is 22.5 Å². The Hall–Kier alpha value is -5.19. The molecule has 0 radical (unpaired) electrons. The third kappa shape index (κ3) is 10.4. The van der Waals surface area contributed by atoms with Crippen molar-refractivity contribution in [1.29, 1.82) is 0 Å². The number of rotatable bonds is 15. The highest BCUT2D eigenvalue weighted by molar-refractivity contribution is 6.08. The number of piperazine rings is 1. The first-order chi connectivity index (χ1) is 23.7. The predicted octanol–water partition coefficient (Wildman–Crippen LogP) is 4.42. The summed E-state index contributed by atoms with van der Waals surface area (Å²) in [5, 5.41) is 10.2. The zero-order valence-electron chi connectivity index (χ0n) is 28.4. The molecule has 4 rings (SSSR count). The van der Waals surface area contributed by atoms with Crippen LogP contribution in [0.2, 0.25) is 0 Å². The Bertz CT molecular complexity index is 1600. The molecule has 3 aromatic carbocycles. The van der Waals surface area contributed by atoms with Gasteiger partial charge in [0.2, 0.25) is 17.7 Å². The van der Waals surface area contributed by atoms with E-state index in [0.29, 0.717) is 50.9 Å². The molecule has 3 N–H and O–H groups in total. The van der Waals surface area contributed by atoms with Gasteiger partial charge in [-0.25, -0.2) is 4.79 Å². The minimum Gasteiger partial charge on any atom is -0.445 e. The third-order valence-corrected chi connectivity index (χ3v) is 8.91. The number of nitrogens with one attached hydrogen (secondary N) is 3. The van der Waals surface area contributed by atoms with E-state index in [9.17, 15) is 24.0 Å². The van der Waals surface area contributed by atoms with Crippen molar-refractivity contribution in [2.75, 3.05) is 32.7 Å². The molecule has 1 unspecified atom stereocenters. The first-order valence-corrected chi connectivity index (χ1v) is 17.0. The summed E-state index contributed by atoms with van der Waals surface area (Å²) in [6, 6.07) is 20.9. The molecule has 0 spiro atoms. The van der Waals surface area contributed by atoms with E-state index in [-0.39, 0.29) is 49.2 Å². The molecule has 1 fully saturated rings. The topological polar surface area (TPSA) is 137 Å². The Balaban J connectivity index is 1.37. The fourth-order valence-corrected chi connectivity index (χ4v) is 5.81. The molecule has 0 aromatic heterocycles. The highest BCUT2D eigenvalue weighted by Crippen LogP contribution is 2.20. The van der Waals surface area contributed by atoms with Crippen LogP contribution in [0.25, 0.3) is 10.8 Å². The second-order valence-corrected chi connectivity index (χ2v) is 12.3. The lowest BCUT2D eigenvalue weighted by Gasteiger charge is -2.38. The molecule has 1 aliphatic heterocycles. The maximum Gasteiger partial charge on any atom is 0.408 e. The molecule has 1 aliphatic rings. The van der Waals surface area contributed by atoms with Gasteiger partial charge in [0.05, 0.1) is 0 Å². The largest absolute Gasteiger partial charge is 0.445 e. The number of unbranched alkanes of at least 4 members (excludes halogenated alkanes) is 1. The Morgan fingerprint density at radius 3 is 2.18 bits per heavy atom. The van der Waals surface area contributed by atoms with Gasteiger partial charge >= 0.3 is 6.09 Å². The van der Waals surface area contributed by atoms with E-state index in [1.165, 1.54) is 6.08 Å². The van der Waals surface area contributed by atoms with Crippen molar-refractivity contribution in [1.82, 2.24) is 25.8 Å². The van der Waals surface area contributed by atoms with Crippen LogP contribution in [-0.4, -0.2) is 84.3 Å². The fourth-order valence-electron chi connectivity index (χ4n) is 5.81. The molecule has 11 heteroatoms. The van der Waals surface area contributed by atoms with Crippen molar-refractivity contribution >= 4 is 40.5 Å². The van der Waals surface area contributed by atoms with Crippen LogP contribution in [0.5, 0.6) is 0 Å². The number of ether oxygens (including phenoxy) is 1. The molecule has 0 saturated carbocycles. The molecule has 260 valence electrons. The molecule has 5 amide bonds. The molecular formula is C38H47N5O6. The second kappa shape index (κ2) is 18.4. The molecule has 1 heterocycles. The lowest BCUT2D eigenvalue weighted by Crippen LogP contribution is -2.59. The van der Waals surface area contributed by atoms with Crippen LogP contribution >= 0.6 is 0 Å². The van der Waals surface area contributed by atoms with Crippen LogP contribution in [-0.2, 0) is 25.7 Å². The van der Waals surface area contributed by atoms with Gasteiger partial charge in [0, 0.05) is 38.3 Å². The van der Waals surface area contributed by atoms with Crippen LogP contribution in [0.4, 0.5) is 4.79 Å². The minimum absolute atomic E-state index is 0.0658. The zero-order chi connectivity index (χ0) is 35.2. The number of alkyl carbamates (subject to hydrolysis) is 1. The van der Waals surface area contributed by atoms with Crippen molar-refractivity contribution in [3.05, 3.63) is 96.6 Å². The van der Waals surface area contributed by atoms with Crippen LogP contribution < -0.4 is 16.0 Å². The van der Waals surface area contributed by atoms with E-state index in [0.717, 1.165) is 16.3 Å². The van der Waals surface area contributed by atoms with Crippen molar-refractivity contribution in [3.8, 4) is 0 Å².